The van der Waals surface area contributed by atoms with Crippen molar-refractivity contribution >= 4 is 27.5 Å². The van der Waals surface area contributed by atoms with Gasteiger partial charge in [-0.3, -0.25) is 4.79 Å². The molecule has 30 heavy (non-hydrogen) atoms. The van der Waals surface area contributed by atoms with E-state index in [1.165, 1.54) is 17.7 Å². The summed E-state index contributed by atoms with van der Waals surface area (Å²) in [5.41, 5.74) is 2.28. The van der Waals surface area contributed by atoms with Crippen LogP contribution in [0.3, 0.4) is 0 Å². The Balaban J connectivity index is 1.63. The molecule has 1 atom stereocenters. The van der Waals surface area contributed by atoms with Gasteiger partial charge in [-0.25, -0.2) is 23.7 Å². The van der Waals surface area contributed by atoms with Crippen LogP contribution in [0.15, 0.2) is 24.7 Å². The average Bonchev–Trinajstić information content (AvgIpc) is 3.26. The Kier molecular flexibility index (Phi) is 5.40. The van der Waals surface area contributed by atoms with E-state index in [0.717, 1.165) is 16.5 Å². The Bertz CT molecular complexity index is 1100. The second kappa shape index (κ2) is 7.86. The topological polar surface area (TPSA) is 68.2 Å². The molecule has 1 fully saturated rings. The number of carbonyl (C=O) groups excluding carboxylic acids is 1. The van der Waals surface area contributed by atoms with Gasteiger partial charge < -0.3 is 9.64 Å². The maximum absolute atomic E-state index is 13.8. The predicted octanol–water partition coefficient (Wildman–Crippen LogP) is 4.58. The van der Waals surface area contributed by atoms with Crippen molar-refractivity contribution in [2.75, 3.05) is 14.2 Å². The third-order valence-corrected chi connectivity index (χ3v) is 6.70. The molecule has 3 heterocycles. The zero-order valence-electron chi connectivity index (χ0n) is 17.0. The van der Waals surface area contributed by atoms with Crippen LogP contribution >= 0.6 is 11.3 Å². The number of carbonyl (C=O) groups is 1. The minimum Gasteiger partial charge on any atom is -0.481 e. The molecule has 1 saturated carbocycles. The van der Waals surface area contributed by atoms with Gasteiger partial charge in [0.25, 0.3) is 5.91 Å². The van der Waals surface area contributed by atoms with Gasteiger partial charge in [0.2, 0.25) is 11.8 Å². The molecule has 3 aromatic rings. The predicted molar refractivity (Wildman–Crippen MR) is 110 cm³/mol. The van der Waals surface area contributed by atoms with E-state index in [-0.39, 0.29) is 24.7 Å². The lowest BCUT2D eigenvalue weighted by atomic mass is 9.98. The van der Waals surface area contributed by atoms with E-state index in [1.54, 1.807) is 31.3 Å². The van der Waals surface area contributed by atoms with Crippen molar-refractivity contribution < 1.29 is 18.3 Å². The van der Waals surface area contributed by atoms with Gasteiger partial charge in [0, 0.05) is 50.0 Å². The van der Waals surface area contributed by atoms with Gasteiger partial charge in [-0.1, -0.05) is 0 Å². The molecule has 0 bridgehead atoms. The van der Waals surface area contributed by atoms with E-state index in [0.29, 0.717) is 34.2 Å². The Morgan fingerprint density at radius 1 is 1.37 bits per heavy atom. The van der Waals surface area contributed by atoms with Crippen LogP contribution in [0.1, 0.15) is 51.7 Å². The number of pyridine rings is 1. The van der Waals surface area contributed by atoms with Crippen molar-refractivity contribution in [2.24, 2.45) is 0 Å². The minimum absolute atomic E-state index is 0.129. The summed E-state index contributed by atoms with van der Waals surface area (Å²) in [6.07, 6.45) is 3.10. The fourth-order valence-corrected chi connectivity index (χ4v) is 5.13. The molecule has 3 aromatic heterocycles. The van der Waals surface area contributed by atoms with Gasteiger partial charge in [0.1, 0.15) is 11.2 Å². The molecule has 0 spiro atoms. The lowest BCUT2D eigenvalue weighted by Crippen LogP contribution is -2.26. The number of aromatic nitrogens is 3. The second-order valence-corrected chi connectivity index (χ2v) is 8.66. The number of halogens is 2. The van der Waals surface area contributed by atoms with Gasteiger partial charge in [-0.05, 0) is 30.5 Å². The highest BCUT2D eigenvalue weighted by Crippen LogP contribution is 2.46. The number of rotatable bonds is 5. The van der Waals surface area contributed by atoms with Gasteiger partial charge in [-0.2, -0.15) is 0 Å². The Hall–Kier alpha value is -2.68. The Labute approximate surface area is 176 Å². The third kappa shape index (κ3) is 3.86. The van der Waals surface area contributed by atoms with Crippen LogP contribution in [0.2, 0.25) is 0 Å². The molecule has 4 rings (SSSR count). The van der Waals surface area contributed by atoms with Gasteiger partial charge in [-0.15, -0.1) is 11.3 Å². The van der Waals surface area contributed by atoms with Crippen LogP contribution < -0.4 is 4.74 Å². The van der Waals surface area contributed by atoms with E-state index in [2.05, 4.69) is 15.0 Å². The lowest BCUT2D eigenvalue weighted by Gasteiger charge is -2.17. The van der Waals surface area contributed by atoms with Crippen LogP contribution in [0, 0.1) is 6.92 Å². The molecule has 9 heteroatoms. The second-order valence-electron chi connectivity index (χ2n) is 7.66. The molecule has 1 unspecified atom stereocenters. The smallest absolute Gasteiger partial charge is 0.264 e. The minimum atomic E-state index is -2.66. The fraction of sp³-hybridized carbons (Fsp3) is 0.429. The first-order valence-electron chi connectivity index (χ1n) is 9.65. The van der Waals surface area contributed by atoms with E-state index >= 15 is 0 Å². The third-order valence-electron chi connectivity index (χ3n) is 5.52. The first-order chi connectivity index (χ1) is 14.3. The van der Waals surface area contributed by atoms with Crippen LogP contribution in [-0.2, 0) is 6.54 Å². The van der Waals surface area contributed by atoms with E-state index in [1.807, 2.05) is 13.0 Å². The number of ether oxygens (including phenoxy) is 1. The summed E-state index contributed by atoms with van der Waals surface area (Å²) in [4.78, 5) is 28.7. The van der Waals surface area contributed by atoms with Crippen molar-refractivity contribution in [3.05, 3.63) is 46.4 Å². The summed E-state index contributed by atoms with van der Waals surface area (Å²) in [5, 5.41) is 0.743. The molecule has 6 nitrogen and oxygen atoms in total. The van der Waals surface area contributed by atoms with Crippen molar-refractivity contribution in [2.45, 2.75) is 44.6 Å². The lowest BCUT2D eigenvalue weighted by molar-refractivity contribution is 0.00769. The summed E-state index contributed by atoms with van der Waals surface area (Å²) >= 11 is 1.28. The van der Waals surface area contributed by atoms with Crippen molar-refractivity contribution in [3.63, 3.8) is 0 Å². The number of aryl methyl sites for hydroxylation is 1. The van der Waals surface area contributed by atoms with E-state index in [9.17, 15) is 13.6 Å². The van der Waals surface area contributed by atoms with Crippen LogP contribution in [0.25, 0.3) is 10.2 Å². The van der Waals surface area contributed by atoms with Crippen molar-refractivity contribution in [3.8, 4) is 5.88 Å². The standard InChI is InChI=1S/C21H22F2N4O2S/c1-12-16-17(14-4-6-21(22,23)9-14)25-11-26-19(16)30-18(12)20(28)27(2)10-13-5-7-24-15(8-13)29-3/h5,7-8,11,14H,4,6,9-10H2,1-3H3. The summed E-state index contributed by atoms with van der Waals surface area (Å²) in [6, 6.07) is 3.61. The number of fused-ring (bicyclic) bond motifs is 1. The SMILES string of the molecule is COc1cc(CN(C)C(=O)c2sc3ncnc(C4CCC(F)(F)C4)c3c2C)ccn1. The maximum atomic E-state index is 13.8. The molecule has 0 aliphatic heterocycles. The zero-order valence-corrected chi connectivity index (χ0v) is 17.8. The van der Waals surface area contributed by atoms with E-state index in [4.69, 9.17) is 4.74 Å². The van der Waals surface area contributed by atoms with E-state index < -0.39 is 5.92 Å². The van der Waals surface area contributed by atoms with Gasteiger partial charge in [0.05, 0.1) is 17.7 Å². The Morgan fingerprint density at radius 2 is 2.17 bits per heavy atom. The number of hydrogen-bond donors (Lipinski definition) is 0. The van der Waals surface area contributed by atoms with Crippen LogP contribution in [-0.4, -0.2) is 45.8 Å². The molecule has 1 aliphatic rings. The maximum Gasteiger partial charge on any atom is 0.264 e. The fourth-order valence-electron chi connectivity index (χ4n) is 3.98. The molecule has 0 saturated heterocycles. The number of alkyl halides is 2. The van der Waals surface area contributed by atoms with Gasteiger partial charge >= 0.3 is 0 Å². The molecular weight excluding hydrogens is 410 g/mol. The van der Waals surface area contributed by atoms with Crippen LogP contribution in [0.5, 0.6) is 5.88 Å². The largest absolute Gasteiger partial charge is 0.481 e. The molecule has 1 amide bonds. The number of amides is 1. The zero-order chi connectivity index (χ0) is 21.5. The average molecular weight is 432 g/mol. The highest BCUT2D eigenvalue weighted by molar-refractivity contribution is 7.20. The first-order valence-corrected chi connectivity index (χ1v) is 10.5. The molecular formula is C21H22F2N4O2S. The highest BCUT2D eigenvalue weighted by atomic mass is 32.1. The van der Waals surface area contributed by atoms with Crippen molar-refractivity contribution in [1.29, 1.82) is 0 Å². The molecule has 0 N–H and O–H groups in total. The molecule has 1 aliphatic carbocycles. The van der Waals surface area contributed by atoms with Gasteiger partial charge in [0.15, 0.2) is 0 Å². The molecule has 0 aromatic carbocycles. The monoisotopic (exact) mass is 432 g/mol. The highest BCUT2D eigenvalue weighted by Gasteiger charge is 2.41. The number of methoxy groups -OCH3 is 1. The number of thiophene rings is 1. The number of nitrogens with zero attached hydrogens (tertiary/aromatic N) is 4. The summed E-state index contributed by atoms with van der Waals surface area (Å²) < 4.78 is 32.7. The quantitative estimate of drug-likeness (QED) is 0.590. The summed E-state index contributed by atoms with van der Waals surface area (Å²) in [6.45, 7) is 2.23. The Morgan fingerprint density at radius 3 is 2.87 bits per heavy atom. The number of hydrogen-bond acceptors (Lipinski definition) is 6. The first kappa shape index (κ1) is 20.6. The summed E-state index contributed by atoms with van der Waals surface area (Å²) in [7, 11) is 3.27. The van der Waals surface area contributed by atoms with Crippen LogP contribution in [0.4, 0.5) is 8.78 Å². The molecule has 0 radical (unpaired) electrons. The molecule has 158 valence electrons. The summed E-state index contributed by atoms with van der Waals surface area (Å²) in [5.74, 6) is -2.63. The normalized spacial score (nSPS) is 18.0. The van der Waals surface area contributed by atoms with Crippen molar-refractivity contribution in [1.82, 2.24) is 19.9 Å².